The molecule has 4 aliphatic carbocycles. The molecule has 3 amide bonds. The van der Waals surface area contributed by atoms with Crippen LogP contribution in [0.5, 0.6) is 5.75 Å². The lowest BCUT2D eigenvalue weighted by Gasteiger charge is -2.37. The van der Waals surface area contributed by atoms with Gasteiger partial charge in [-0.2, -0.15) is 13.2 Å². The standard InChI is InChI=1S/C22H21F3N2O4/c1-2-31-12-5-3-11(4-6-12)26(21(30)22(23,24)25)10-27-19(28)17-13-7-8-14(16-9-15(13)16)18(17)20(27)29/h3-8,13-18H,2,9-10H2,1H3/t13-,14-,15-,16-,17-,18+/m1/s1. The summed E-state index contributed by atoms with van der Waals surface area (Å²) in [5.74, 6) is -3.04. The molecule has 9 heteroatoms. The number of hydrogen-bond donors (Lipinski definition) is 0. The molecule has 6 rings (SSSR count). The van der Waals surface area contributed by atoms with E-state index in [-0.39, 0.29) is 17.5 Å². The van der Waals surface area contributed by atoms with Gasteiger partial charge in [0, 0.05) is 5.69 Å². The Morgan fingerprint density at radius 1 is 1.06 bits per heavy atom. The summed E-state index contributed by atoms with van der Waals surface area (Å²) in [6.45, 7) is 1.39. The van der Waals surface area contributed by atoms with Crippen molar-refractivity contribution in [3.8, 4) is 5.75 Å². The topological polar surface area (TPSA) is 66.9 Å². The number of benzene rings is 1. The summed E-state index contributed by atoms with van der Waals surface area (Å²) in [7, 11) is 0. The van der Waals surface area contributed by atoms with Crippen LogP contribution < -0.4 is 9.64 Å². The van der Waals surface area contributed by atoms with E-state index >= 15 is 0 Å². The number of anilines is 1. The van der Waals surface area contributed by atoms with E-state index in [1.54, 1.807) is 6.92 Å². The molecule has 1 aliphatic heterocycles. The van der Waals surface area contributed by atoms with Crippen molar-refractivity contribution < 1.29 is 32.3 Å². The number of carbonyl (C=O) groups excluding carboxylic acids is 3. The lowest BCUT2D eigenvalue weighted by atomic mass is 9.63. The summed E-state index contributed by atoms with van der Waals surface area (Å²) >= 11 is 0. The minimum Gasteiger partial charge on any atom is -0.494 e. The minimum atomic E-state index is -5.15. The molecule has 164 valence electrons. The van der Waals surface area contributed by atoms with Crippen LogP contribution in [-0.2, 0) is 14.4 Å². The first-order valence-electron chi connectivity index (χ1n) is 10.4. The molecule has 31 heavy (non-hydrogen) atoms. The quantitative estimate of drug-likeness (QED) is 0.528. The fourth-order valence-electron chi connectivity index (χ4n) is 5.60. The average Bonchev–Trinajstić information content (AvgIpc) is 3.52. The molecule has 0 unspecified atom stereocenters. The van der Waals surface area contributed by atoms with Gasteiger partial charge in [-0.3, -0.25) is 24.2 Å². The highest BCUT2D eigenvalue weighted by Gasteiger charge is 2.67. The van der Waals surface area contributed by atoms with Gasteiger partial charge in [0.25, 0.3) is 0 Å². The van der Waals surface area contributed by atoms with Gasteiger partial charge in [0.05, 0.1) is 18.4 Å². The van der Waals surface area contributed by atoms with Gasteiger partial charge in [-0.1, -0.05) is 12.2 Å². The maximum atomic E-state index is 13.3. The Hall–Kier alpha value is -2.84. The van der Waals surface area contributed by atoms with E-state index in [1.807, 2.05) is 12.2 Å². The monoisotopic (exact) mass is 434 g/mol. The number of alkyl halides is 3. The van der Waals surface area contributed by atoms with Crippen LogP contribution in [0.4, 0.5) is 18.9 Å². The highest BCUT2D eigenvalue weighted by Crippen LogP contribution is 2.65. The van der Waals surface area contributed by atoms with Crippen molar-refractivity contribution in [2.75, 3.05) is 18.2 Å². The lowest BCUT2D eigenvalue weighted by Crippen LogP contribution is -2.49. The first-order valence-corrected chi connectivity index (χ1v) is 10.4. The average molecular weight is 434 g/mol. The van der Waals surface area contributed by atoms with E-state index in [1.165, 1.54) is 24.3 Å². The molecule has 0 N–H and O–H groups in total. The van der Waals surface area contributed by atoms with Crippen LogP contribution >= 0.6 is 0 Å². The first kappa shape index (κ1) is 20.1. The number of nitrogens with zero attached hydrogens (tertiary/aromatic N) is 2. The molecule has 1 aromatic carbocycles. The molecular formula is C22H21F3N2O4. The van der Waals surface area contributed by atoms with Gasteiger partial charge in [-0.25, -0.2) is 0 Å². The molecule has 0 aromatic heterocycles. The van der Waals surface area contributed by atoms with Crippen LogP contribution in [0.25, 0.3) is 0 Å². The molecular weight excluding hydrogens is 413 g/mol. The van der Waals surface area contributed by atoms with E-state index in [4.69, 9.17) is 4.74 Å². The molecule has 6 nitrogen and oxygen atoms in total. The van der Waals surface area contributed by atoms with Gasteiger partial charge in [0.2, 0.25) is 11.8 Å². The molecule has 6 atom stereocenters. The van der Waals surface area contributed by atoms with Gasteiger partial charge in [0.1, 0.15) is 12.4 Å². The van der Waals surface area contributed by atoms with Gasteiger partial charge < -0.3 is 4.74 Å². The molecule has 3 fully saturated rings. The van der Waals surface area contributed by atoms with E-state index in [0.717, 1.165) is 11.3 Å². The van der Waals surface area contributed by atoms with Gasteiger partial charge in [-0.05, 0) is 61.3 Å². The van der Waals surface area contributed by atoms with E-state index in [2.05, 4.69) is 0 Å². The van der Waals surface area contributed by atoms with Crippen molar-refractivity contribution in [2.24, 2.45) is 35.5 Å². The highest BCUT2D eigenvalue weighted by atomic mass is 19.4. The number of halogens is 3. The van der Waals surface area contributed by atoms with Crippen molar-refractivity contribution >= 4 is 23.4 Å². The van der Waals surface area contributed by atoms with Crippen LogP contribution in [0.1, 0.15) is 13.3 Å². The van der Waals surface area contributed by atoms with Crippen LogP contribution in [0.15, 0.2) is 36.4 Å². The Balaban J connectivity index is 1.44. The summed E-state index contributed by atoms with van der Waals surface area (Å²) in [6.07, 6.45) is -0.195. The maximum absolute atomic E-state index is 13.3. The van der Waals surface area contributed by atoms with E-state index < -0.39 is 42.4 Å². The molecule has 1 saturated heterocycles. The van der Waals surface area contributed by atoms with E-state index in [0.29, 0.717) is 29.1 Å². The predicted molar refractivity (Wildman–Crippen MR) is 103 cm³/mol. The Bertz CT molecular complexity index is 938. The molecule has 5 aliphatic rings. The zero-order chi connectivity index (χ0) is 22.1. The Morgan fingerprint density at radius 2 is 1.61 bits per heavy atom. The lowest BCUT2D eigenvalue weighted by molar-refractivity contribution is -0.171. The predicted octanol–water partition coefficient (Wildman–Crippen LogP) is 2.99. The van der Waals surface area contributed by atoms with Crippen LogP contribution in [0, 0.1) is 35.5 Å². The normalized spacial score (nSPS) is 32.7. The molecule has 0 spiro atoms. The summed E-state index contributed by atoms with van der Waals surface area (Å²) in [5, 5.41) is 0. The zero-order valence-electron chi connectivity index (χ0n) is 16.7. The third-order valence-corrected chi connectivity index (χ3v) is 6.98. The van der Waals surface area contributed by atoms with Crippen molar-refractivity contribution in [3.63, 3.8) is 0 Å². The number of likely N-dealkylation sites (tertiary alicyclic amines) is 1. The van der Waals surface area contributed by atoms with Crippen molar-refractivity contribution in [2.45, 2.75) is 19.5 Å². The largest absolute Gasteiger partial charge is 0.494 e. The maximum Gasteiger partial charge on any atom is 0.471 e. The van der Waals surface area contributed by atoms with Crippen LogP contribution in [-0.4, -0.2) is 42.1 Å². The second kappa shape index (κ2) is 6.83. The Morgan fingerprint density at radius 3 is 2.10 bits per heavy atom. The molecule has 1 aromatic rings. The van der Waals surface area contributed by atoms with Gasteiger partial charge >= 0.3 is 12.1 Å². The summed E-state index contributed by atoms with van der Waals surface area (Å²) in [6, 6.07) is 5.52. The zero-order valence-corrected chi connectivity index (χ0v) is 16.7. The molecule has 0 radical (unpaired) electrons. The Labute approximate surface area is 176 Å². The smallest absolute Gasteiger partial charge is 0.471 e. The first-order chi connectivity index (χ1) is 14.7. The minimum absolute atomic E-state index is 0.0429. The van der Waals surface area contributed by atoms with Crippen molar-refractivity contribution in [1.82, 2.24) is 4.90 Å². The SMILES string of the molecule is CCOc1ccc(N(CN2C(=O)[C@@H]3[C@@H]4C=C[C@H]([C@H]5C[C@H]45)[C@@H]3C2=O)C(=O)C(F)(F)F)cc1. The third-order valence-electron chi connectivity index (χ3n) is 6.98. The second-order valence-electron chi connectivity index (χ2n) is 8.56. The van der Waals surface area contributed by atoms with Gasteiger partial charge in [-0.15, -0.1) is 0 Å². The van der Waals surface area contributed by atoms with E-state index in [9.17, 15) is 27.6 Å². The highest BCUT2D eigenvalue weighted by molar-refractivity contribution is 6.07. The Kier molecular flexibility index (Phi) is 4.43. The van der Waals surface area contributed by atoms with Crippen LogP contribution in [0.2, 0.25) is 0 Å². The van der Waals surface area contributed by atoms with Crippen molar-refractivity contribution in [1.29, 1.82) is 0 Å². The number of allylic oxidation sites excluding steroid dienone is 2. The number of carbonyl (C=O) groups is 3. The second-order valence-corrected chi connectivity index (χ2v) is 8.56. The molecule has 2 bridgehead atoms. The fourth-order valence-corrected chi connectivity index (χ4v) is 5.60. The third kappa shape index (κ3) is 3.04. The summed E-state index contributed by atoms with van der Waals surface area (Å²) < 4.78 is 45.3. The number of amides is 3. The molecule has 1 heterocycles. The van der Waals surface area contributed by atoms with Crippen LogP contribution in [0.3, 0.4) is 0 Å². The van der Waals surface area contributed by atoms with Crippen molar-refractivity contribution in [3.05, 3.63) is 36.4 Å². The number of rotatable bonds is 5. The number of imide groups is 1. The van der Waals surface area contributed by atoms with Gasteiger partial charge in [0.15, 0.2) is 0 Å². The number of ether oxygens (including phenoxy) is 1. The fraction of sp³-hybridized carbons (Fsp3) is 0.500. The number of hydrogen-bond acceptors (Lipinski definition) is 4. The summed E-state index contributed by atoms with van der Waals surface area (Å²) in [5.41, 5.74) is -0.0646. The molecule has 2 saturated carbocycles. The summed E-state index contributed by atoms with van der Waals surface area (Å²) in [4.78, 5) is 39.7.